The fraction of sp³-hybridized carbons (Fsp3) is 0.333. The molecule has 112 valence electrons. The van der Waals surface area contributed by atoms with Crippen LogP contribution in [0, 0.1) is 5.82 Å². The second-order valence-electron chi connectivity index (χ2n) is 5.08. The third-order valence-corrected chi connectivity index (χ3v) is 3.52. The van der Waals surface area contributed by atoms with Crippen molar-refractivity contribution >= 4 is 12.1 Å². The Kier molecular flexibility index (Phi) is 4.26. The summed E-state index contributed by atoms with van der Waals surface area (Å²) in [5.41, 5.74) is 0.0197. The number of benzene rings is 1. The summed E-state index contributed by atoms with van der Waals surface area (Å²) in [4.78, 5) is 24.2. The summed E-state index contributed by atoms with van der Waals surface area (Å²) >= 11 is 0. The first-order valence-corrected chi connectivity index (χ1v) is 6.47. The Morgan fingerprint density at radius 3 is 2.52 bits per heavy atom. The van der Waals surface area contributed by atoms with Gasteiger partial charge in [-0.15, -0.1) is 0 Å². The highest BCUT2D eigenvalue weighted by Crippen LogP contribution is 2.38. The van der Waals surface area contributed by atoms with Crippen LogP contribution in [0.2, 0.25) is 0 Å². The third kappa shape index (κ3) is 3.21. The average Bonchev–Trinajstić information content (AvgIpc) is 2.40. The van der Waals surface area contributed by atoms with E-state index in [0.29, 0.717) is 5.56 Å². The van der Waals surface area contributed by atoms with Gasteiger partial charge in [0.05, 0.1) is 6.42 Å². The first-order chi connectivity index (χ1) is 9.97. The first kappa shape index (κ1) is 15.0. The molecule has 1 heterocycles. The Morgan fingerprint density at radius 1 is 1.38 bits per heavy atom. The number of ether oxygens (including phenoxy) is 1. The second-order valence-corrected chi connectivity index (χ2v) is 5.08. The molecule has 0 saturated carbocycles. The summed E-state index contributed by atoms with van der Waals surface area (Å²) in [6.07, 6.45) is 0.837. The molecular formula is C15H16FNO4. The molecule has 6 heteroatoms. The van der Waals surface area contributed by atoms with Gasteiger partial charge in [0.1, 0.15) is 12.4 Å². The quantitative estimate of drug-likeness (QED) is 0.845. The van der Waals surface area contributed by atoms with Crippen molar-refractivity contribution in [3.05, 3.63) is 48.3 Å². The minimum atomic E-state index is -0.960. The molecule has 0 atom stereocenters. The number of carbonyl (C=O) groups excluding carboxylic acids is 1. The number of halogens is 1. The molecule has 5 nitrogen and oxygen atoms in total. The minimum absolute atomic E-state index is 0.109. The molecule has 1 aromatic carbocycles. The van der Waals surface area contributed by atoms with E-state index in [-0.39, 0.29) is 31.9 Å². The summed E-state index contributed by atoms with van der Waals surface area (Å²) in [5.74, 6) is -1.34. The average molecular weight is 293 g/mol. The summed E-state index contributed by atoms with van der Waals surface area (Å²) < 4.78 is 17.9. The fourth-order valence-electron chi connectivity index (χ4n) is 2.52. The molecule has 1 saturated heterocycles. The molecule has 1 N–H and O–H groups in total. The number of rotatable bonds is 5. The highest BCUT2D eigenvalue weighted by atomic mass is 19.1. The van der Waals surface area contributed by atoms with E-state index >= 15 is 0 Å². The highest BCUT2D eigenvalue weighted by Gasteiger charge is 2.48. The van der Waals surface area contributed by atoms with E-state index in [4.69, 9.17) is 9.84 Å². The maximum Gasteiger partial charge on any atom is 0.410 e. The molecule has 0 aliphatic carbocycles. The number of hydrogen-bond donors (Lipinski definition) is 1. The standard InChI is InChI=1S/C15H16FNO4/c1-2-7-21-14(20)17-9-15(10-17,8-13(18)19)11-3-5-12(16)6-4-11/h2-6H,1,7-10H2,(H,18,19). The molecule has 0 spiro atoms. The summed E-state index contributed by atoms with van der Waals surface area (Å²) in [5, 5.41) is 9.07. The number of carbonyl (C=O) groups is 2. The van der Waals surface area contributed by atoms with E-state index in [1.807, 2.05) is 0 Å². The van der Waals surface area contributed by atoms with Crippen LogP contribution in [-0.4, -0.2) is 41.8 Å². The van der Waals surface area contributed by atoms with Crippen molar-refractivity contribution in [1.29, 1.82) is 0 Å². The molecule has 1 fully saturated rings. The van der Waals surface area contributed by atoms with E-state index in [1.54, 1.807) is 12.1 Å². The molecule has 0 bridgehead atoms. The monoisotopic (exact) mass is 293 g/mol. The normalized spacial score (nSPS) is 16.0. The maximum atomic E-state index is 13.0. The molecule has 2 rings (SSSR count). The van der Waals surface area contributed by atoms with Crippen LogP contribution in [0.5, 0.6) is 0 Å². The zero-order valence-electron chi connectivity index (χ0n) is 11.4. The fourth-order valence-corrected chi connectivity index (χ4v) is 2.52. The molecule has 0 aromatic heterocycles. The summed E-state index contributed by atoms with van der Waals surface area (Å²) in [6, 6.07) is 5.70. The Balaban J connectivity index is 2.12. The molecule has 0 radical (unpaired) electrons. The molecule has 21 heavy (non-hydrogen) atoms. The van der Waals surface area contributed by atoms with Crippen molar-refractivity contribution in [1.82, 2.24) is 4.90 Å². The Hall–Kier alpha value is -2.37. The van der Waals surface area contributed by atoms with Crippen molar-refractivity contribution in [2.24, 2.45) is 0 Å². The van der Waals surface area contributed by atoms with E-state index in [1.165, 1.54) is 23.1 Å². The lowest BCUT2D eigenvalue weighted by Gasteiger charge is -2.49. The number of nitrogens with zero attached hydrogens (tertiary/aromatic N) is 1. The Morgan fingerprint density at radius 2 is 2.00 bits per heavy atom. The maximum absolute atomic E-state index is 13.0. The summed E-state index contributed by atoms with van der Waals surface area (Å²) in [7, 11) is 0. The number of hydrogen-bond acceptors (Lipinski definition) is 3. The molecule has 0 unspecified atom stereocenters. The highest BCUT2D eigenvalue weighted by molar-refractivity contribution is 5.73. The van der Waals surface area contributed by atoms with Gasteiger partial charge in [-0.25, -0.2) is 9.18 Å². The number of amides is 1. The van der Waals surface area contributed by atoms with Gasteiger partial charge in [0.15, 0.2) is 0 Å². The smallest absolute Gasteiger partial charge is 0.410 e. The van der Waals surface area contributed by atoms with Crippen LogP contribution in [0.3, 0.4) is 0 Å². The SMILES string of the molecule is C=CCOC(=O)N1CC(CC(=O)O)(c2ccc(F)cc2)C1. The van der Waals surface area contributed by atoms with E-state index in [0.717, 1.165) is 0 Å². The van der Waals surface area contributed by atoms with Crippen molar-refractivity contribution < 1.29 is 23.8 Å². The van der Waals surface area contributed by atoms with Gasteiger partial charge < -0.3 is 14.7 Å². The first-order valence-electron chi connectivity index (χ1n) is 6.47. The van der Waals surface area contributed by atoms with Crippen molar-refractivity contribution in [2.45, 2.75) is 11.8 Å². The topological polar surface area (TPSA) is 66.8 Å². The van der Waals surface area contributed by atoms with Crippen LogP contribution in [0.15, 0.2) is 36.9 Å². The molecule has 1 aliphatic rings. The van der Waals surface area contributed by atoms with Crippen LogP contribution < -0.4 is 0 Å². The van der Waals surface area contributed by atoms with E-state index < -0.39 is 17.5 Å². The van der Waals surface area contributed by atoms with Crippen LogP contribution in [0.25, 0.3) is 0 Å². The second kappa shape index (κ2) is 5.95. The van der Waals surface area contributed by atoms with Gasteiger partial charge in [0.2, 0.25) is 0 Å². The van der Waals surface area contributed by atoms with Crippen molar-refractivity contribution in [2.75, 3.05) is 19.7 Å². The lowest BCUT2D eigenvalue weighted by Crippen LogP contribution is -2.62. The predicted octanol–water partition coefficient (Wildman–Crippen LogP) is 2.18. The largest absolute Gasteiger partial charge is 0.481 e. The van der Waals surface area contributed by atoms with Crippen LogP contribution >= 0.6 is 0 Å². The van der Waals surface area contributed by atoms with Gasteiger partial charge in [-0.05, 0) is 17.7 Å². The molecular weight excluding hydrogens is 277 g/mol. The Labute approximate surface area is 121 Å². The van der Waals surface area contributed by atoms with Gasteiger partial charge in [0, 0.05) is 18.5 Å². The van der Waals surface area contributed by atoms with Gasteiger partial charge in [-0.2, -0.15) is 0 Å². The number of likely N-dealkylation sites (tertiary alicyclic amines) is 1. The van der Waals surface area contributed by atoms with Gasteiger partial charge >= 0.3 is 12.1 Å². The minimum Gasteiger partial charge on any atom is -0.481 e. The lowest BCUT2D eigenvalue weighted by molar-refractivity contribution is -0.140. The van der Waals surface area contributed by atoms with Gasteiger partial charge in [-0.3, -0.25) is 4.79 Å². The van der Waals surface area contributed by atoms with Crippen LogP contribution in [0.4, 0.5) is 9.18 Å². The summed E-state index contributed by atoms with van der Waals surface area (Å²) in [6.45, 7) is 4.03. The predicted molar refractivity (Wildman–Crippen MR) is 73.4 cm³/mol. The zero-order chi connectivity index (χ0) is 15.5. The van der Waals surface area contributed by atoms with Crippen LogP contribution in [0.1, 0.15) is 12.0 Å². The lowest BCUT2D eigenvalue weighted by atomic mass is 9.71. The van der Waals surface area contributed by atoms with Gasteiger partial charge in [-0.1, -0.05) is 24.8 Å². The Bertz CT molecular complexity index is 549. The van der Waals surface area contributed by atoms with Crippen molar-refractivity contribution in [3.8, 4) is 0 Å². The van der Waals surface area contributed by atoms with Gasteiger partial charge in [0.25, 0.3) is 0 Å². The van der Waals surface area contributed by atoms with Crippen LogP contribution in [-0.2, 0) is 14.9 Å². The third-order valence-electron chi connectivity index (χ3n) is 3.52. The molecule has 1 amide bonds. The van der Waals surface area contributed by atoms with Crippen molar-refractivity contribution in [3.63, 3.8) is 0 Å². The number of carboxylic acids is 1. The van der Waals surface area contributed by atoms with E-state index in [2.05, 4.69) is 6.58 Å². The molecule has 1 aliphatic heterocycles. The molecule has 1 aromatic rings. The number of carboxylic acid groups (broad SMARTS) is 1. The van der Waals surface area contributed by atoms with E-state index in [9.17, 15) is 14.0 Å². The zero-order valence-corrected chi connectivity index (χ0v) is 11.4. The number of aliphatic carboxylic acids is 1.